The minimum Gasteiger partial charge on any atom is -0.389 e. The molecule has 20 heavy (non-hydrogen) atoms. The van der Waals surface area contributed by atoms with Crippen LogP contribution in [0.25, 0.3) is 0 Å². The van der Waals surface area contributed by atoms with Gasteiger partial charge in [0.15, 0.2) is 0 Å². The maximum absolute atomic E-state index is 10.1. The predicted molar refractivity (Wildman–Crippen MR) is 86.3 cm³/mol. The summed E-state index contributed by atoms with van der Waals surface area (Å²) < 4.78 is 5.89. The van der Waals surface area contributed by atoms with Crippen LogP contribution < -0.4 is 5.32 Å². The Bertz CT molecular complexity index is 277. The first kappa shape index (κ1) is 16.6. The van der Waals surface area contributed by atoms with Gasteiger partial charge in [-0.15, -0.1) is 0 Å². The van der Waals surface area contributed by atoms with Gasteiger partial charge in [0, 0.05) is 17.8 Å². The number of rotatable bonds is 7. The molecule has 2 aliphatic rings. The number of thioether (sulfide) groups is 1. The fourth-order valence-electron chi connectivity index (χ4n) is 3.56. The molecule has 0 saturated heterocycles. The highest BCUT2D eigenvalue weighted by Gasteiger charge is 2.26. The Balaban J connectivity index is 1.59. The molecule has 118 valence electrons. The summed E-state index contributed by atoms with van der Waals surface area (Å²) in [5.41, 5.74) is 0. The number of ether oxygens (including phenoxy) is 1. The molecule has 0 aliphatic heterocycles. The summed E-state index contributed by atoms with van der Waals surface area (Å²) in [5.74, 6) is 0.782. The molecule has 2 aliphatic carbocycles. The first-order valence-electron chi connectivity index (χ1n) is 8.25. The summed E-state index contributed by atoms with van der Waals surface area (Å²) in [6.45, 7) is 3.46. The lowest BCUT2D eigenvalue weighted by molar-refractivity contribution is -0.0311. The lowest BCUT2D eigenvalue weighted by Crippen LogP contribution is -2.41. The molecule has 2 fully saturated rings. The zero-order valence-corrected chi connectivity index (χ0v) is 13.8. The summed E-state index contributed by atoms with van der Waals surface area (Å²) in [4.78, 5) is 0. The van der Waals surface area contributed by atoms with Gasteiger partial charge in [0.2, 0.25) is 0 Å². The zero-order valence-electron chi connectivity index (χ0n) is 13.0. The third-order valence-electron chi connectivity index (χ3n) is 4.78. The van der Waals surface area contributed by atoms with E-state index in [1.807, 2.05) is 11.8 Å². The summed E-state index contributed by atoms with van der Waals surface area (Å²) >= 11 is 1.95. The van der Waals surface area contributed by atoms with Gasteiger partial charge in [-0.1, -0.05) is 26.2 Å². The molecule has 5 atom stereocenters. The van der Waals surface area contributed by atoms with Crippen molar-refractivity contribution in [2.75, 3.05) is 19.4 Å². The molecule has 2 rings (SSSR count). The molecule has 0 aromatic rings. The second-order valence-electron chi connectivity index (χ2n) is 6.60. The summed E-state index contributed by atoms with van der Waals surface area (Å²) in [5, 5.41) is 14.3. The second kappa shape index (κ2) is 8.62. The normalized spacial score (nSPS) is 36.1. The fourth-order valence-corrected chi connectivity index (χ4v) is 4.53. The number of aliphatic hydroxyl groups excluding tert-OH is 1. The van der Waals surface area contributed by atoms with E-state index < -0.39 is 0 Å². The molecule has 0 heterocycles. The molecular weight excluding hydrogens is 270 g/mol. The van der Waals surface area contributed by atoms with Crippen LogP contribution in [0.4, 0.5) is 0 Å². The fraction of sp³-hybridized carbons (Fsp3) is 1.00. The van der Waals surface area contributed by atoms with E-state index in [4.69, 9.17) is 4.74 Å². The molecular formula is C16H31NO2S. The smallest absolute Gasteiger partial charge is 0.0897 e. The lowest BCUT2D eigenvalue weighted by atomic mass is 9.89. The quantitative estimate of drug-likeness (QED) is 0.759. The van der Waals surface area contributed by atoms with Crippen LogP contribution in [0.3, 0.4) is 0 Å². The van der Waals surface area contributed by atoms with Crippen molar-refractivity contribution in [3.63, 3.8) is 0 Å². The summed E-state index contributed by atoms with van der Waals surface area (Å²) in [7, 11) is 0. The molecule has 0 radical (unpaired) electrons. The van der Waals surface area contributed by atoms with E-state index in [9.17, 15) is 5.11 Å². The third-order valence-corrected chi connectivity index (χ3v) is 5.95. The Hall–Kier alpha value is 0.230. The van der Waals surface area contributed by atoms with E-state index in [2.05, 4.69) is 18.5 Å². The number of aliphatic hydroxyl groups is 1. The first-order chi connectivity index (χ1) is 9.69. The summed E-state index contributed by atoms with van der Waals surface area (Å²) in [6, 6.07) is 0.578. The molecule has 0 aromatic carbocycles. The van der Waals surface area contributed by atoms with Crippen LogP contribution >= 0.6 is 11.8 Å². The predicted octanol–water partition coefficient (Wildman–Crippen LogP) is 2.82. The van der Waals surface area contributed by atoms with E-state index in [0.29, 0.717) is 25.3 Å². The highest BCUT2D eigenvalue weighted by Crippen LogP contribution is 2.28. The monoisotopic (exact) mass is 301 g/mol. The standard InChI is InChI=1S/C16H31NO2S/c1-12-5-3-6-14(9-12)19-11-13(18)10-17-15-7-4-8-16(15)20-2/h12-18H,3-11H2,1-2H3. The van der Waals surface area contributed by atoms with Crippen LogP contribution in [0.1, 0.15) is 51.9 Å². The van der Waals surface area contributed by atoms with Crippen LogP contribution in [0, 0.1) is 5.92 Å². The molecule has 4 heteroatoms. The van der Waals surface area contributed by atoms with Gasteiger partial charge < -0.3 is 15.2 Å². The Morgan fingerprint density at radius 2 is 2.05 bits per heavy atom. The van der Waals surface area contributed by atoms with Gasteiger partial charge in [0.1, 0.15) is 0 Å². The Labute approximate surface area is 128 Å². The molecule has 0 aromatic heterocycles. The molecule has 3 nitrogen and oxygen atoms in total. The highest BCUT2D eigenvalue weighted by atomic mass is 32.2. The van der Waals surface area contributed by atoms with E-state index in [1.165, 1.54) is 38.5 Å². The van der Waals surface area contributed by atoms with Gasteiger partial charge in [0.05, 0.1) is 18.8 Å². The van der Waals surface area contributed by atoms with E-state index in [1.54, 1.807) is 0 Å². The number of nitrogens with one attached hydrogen (secondary N) is 1. The van der Waals surface area contributed by atoms with Crippen LogP contribution in [0.5, 0.6) is 0 Å². The van der Waals surface area contributed by atoms with Crippen LogP contribution in [-0.4, -0.2) is 48.0 Å². The van der Waals surface area contributed by atoms with Crippen LogP contribution in [0.2, 0.25) is 0 Å². The van der Waals surface area contributed by atoms with Gasteiger partial charge in [-0.3, -0.25) is 0 Å². The molecule has 0 bridgehead atoms. The highest BCUT2D eigenvalue weighted by molar-refractivity contribution is 7.99. The minimum atomic E-state index is -0.365. The molecule has 5 unspecified atom stereocenters. The van der Waals surface area contributed by atoms with Crippen molar-refractivity contribution >= 4 is 11.8 Å². The van der Waals surface area contributed by atoms with Crippen molar-refractivity contribution < 1.29 is 9.84 Å². The first-order valence-corrected chi connectivity index (χ1v) is 9.53. The van der Waals surface area contributed by atoms with E-state index in [-0.39, 0.29) is 6.10 Å². The van der Waals surface area contributed by atoms with Crippen LogP contribution in [-0.2, 0) is 4.74 Å². The topological polar surface area (TPSA) is 41.5 Å². The maximum atomic E-state index is 10.1. The van der Waals surface area contributed by atoms with Crippen molar-refractivity contribution in [3.05, 3.63) is 0 Å². The SMILES string of the molecule is CSC1CCCC1NCC(O)COC1CCCC(C)C1. The van der Waals surface area contributed by atoms with Crippen molar-refractivity contribution in [1.29, 1.82) is 0 Å². The maximum Gasteiger partial charge on any atom is 0.0897 e. The molecule has 2 saturated carbocycles. The van der Waals surface area contributed by atoms with Crippen LogP contribution in [0.15, 0.2) is 0 Å². The number of hydrogen-bond acceptors (Lipinski definition) is 4. The number of hydrogen-bond donors (Lipinski definition) is 2. The summed E-state index contributed by atoms with van der Waals surface area (Å²) in [6.07, 6.45) is 11.0. The zero-order chi connectivity index (χ0) is 14.4. The lowest BCUT2D eigenvalue weighted by Gasteiger charge is -2.28. The van der Waals surface area contributed by atoms with Gasteiger partial charge >= 0.3 is 0 Å². The Kier molecular flexibility index (Phi) is 7.15. The minimum absolute atomic E-state index is 0.365. The van der Waals surface area contributed by atoms with Gasteiger partial charge in [0.25, 0.3) is 0 Å². The Morgan fingerprint density at radius 1 is 1.25 bits per heavy atom. The molecule has 2 N–H and O–H groups in total. The second-order valence-corrected chi connectivity index (χ2v) is 7.68. The Morgan fingerprint density at radius 3 is 2.80 bits per heavy atom. The van der Waals surface area contributed by atoms with Crippen molar-refractivity contribution in [2.24, 2.45) is 5.92 Å². The average Bonchev–Trinajstić information content (AvgIpc) is 2.90. The average molecular weight is 301 g/mol. The van der Waals surface area contributed by atoms with Crippen molar-refractivity contribution in [2.45, 2.75) is 75.4 Å². The molecule has 0 amide bonds. The van der Waals surface area contributed by atoms with E-state index in [0.717, 1.165) is 17.6 Å². The van der Waals surface area contributed by atoms with Gasteiger partial charge in [-0.25, -0.2) is 0 Å². The van der Waals surface area contributed by atoms with Crippen molar-refractivity contribution in [1.82, 2.24) is 5.32 Å². The third kappa shape index (κ3) is 5.21. The van der Waals surface area contributed by atoms with Gasteiger partial charge in [-0.2, -0.15) is 11.8 Å². The largest absolute Gasteiger partial charge is 0.389 e. The van der Waals surface area contributed by atoms with Crippen molar-refractivity contribution in [3.8, 4) is 0 Å². The molecule has 0 spiro atoms. The van der Waals surface area contributed by atoms with Gasteiger partial charge in [-0.05, 0) is 37.9 Å². The van der Waals surface area contributed by atoms with E-state index >= 15 is 0 Å².